The van der Waals surface area contributed by atoms with E-state index >= 15 is 0 Å². The van der Waals surface area contributed by atoms with Gasteiger partial charge in [0.2, 0.25) is 5.94 Å². The van der Waals surface area contributed by atoms with E-state index in [2.05, 4.69) is 60.0 Å². The Morgan fingerprint density at radius 2 is 1.58 bits per heavy atom. The van der Waals surface area contributed by atoms with Gasteiger partial charge in [-0.25, -0.2) is 0 Å². The lowest BCUT2D eigenvalue weighted by atomic mass is 10.0. The van der Waals surface area contributed by atoms with E-state index in [9.17, 15) is 0 Å². The molecule has 0 saturated heterocycles. The topological polar surface area (TPSA) is 35.2 Å². The Bertz CT molecular complexity index is 856. The van der Waals surface area contributed by atoms with Gasteiger partial charge in [-0.2, -0.15) is 0 Å². The summed E-state index contributed by atoms with van der Waals surface area (Å²) in [7, 11) is -0.00434. The Kier molecular flexibility index (Phi) is 4.72. The summed E-state index contributed by atoms with van der Waals surface area (Å²) in [6, 6.07) is 19.7. The maximum Gasteiger partial charge on any atom is 0.229 e. The van der Waals surface area contributed by atoms with Gasteiger partial charge in [0, 0.05) is 43.0 Å². The summed E-state index contributed by atoms with van der Waals surface area (Å²) in [6.45, 7) is 1.42. The molecular weight excluding hydrogens is 334 g/mol. The molecule has 1 aromatic heterocycles. The summed E-state index contributed by atoms with van der Waals surface area (Å²) >= 11 is 1.87. The van der Waals surface area contributed by atoms with Crippen LogP contribution in [-0.4, -0.2) is 13.2 Å². The van der Waals surface area contributed by atoms with Crippen LogP contribution in [0.1, 0.15) is 6.42 Å². The van der Waals surface area contributed by atoms with Gasteiger partial charge in [0.15, 0.2) is 4.88 Å². The predicted octanol–water partition coefficient (Wildman–Crippen LogP) is 5.56. The van der Waals surface area contributed by atoms with E-state index in [4.69, 9.17) is 10.5 Å². The van der Waals surface area contributed by atoms with E-state index in [-0.39, 0.29) is 10.5 Å². The van der Waals surface area contributed by atoms with Crippen molar-refractivity contribution in [3.8, 4) is 21.6 Å². The molecule has 2 heterocycles. The predicted molar refractivity (Wildman–Crippen MR) is 104 cm³/mol. The average molecular weight is 355 g/mol. The molecule has 1 atom stereocenters. The van der Waals surface area contributed by atoms with Crippen LogP contribution in [0, 0.1) is 0 Å². The zero-order valence-electron chi connectivity index (χ0n) is 13.4. The molecule has 0 aliphatic carbocycles. The lowest BCUT2D eigenvalue weighted by Crippen LogP contribution is -2.03. The lowest BCUT2D eigenvalue weighted by Gasteiger charge is -2.04. The van der Waals surface area contributed by atoms with E-state index < -0.39 is 0 Å². The first-order valence-electron chi connectivity index (χ1n) is 8.15. The maximum atomic E-state index is 5.89. The van der Waals surface area contributed by atoms with Crippen LogP contribution in [-0.2, 0) is 10.7 Å². The molecule has 0 amide bonds. The number of ether oxygens (including phenoxy) is 1. The van der Waals surface area contributed by atoms with E-state index in [0.717, 1.165) is 19.0 Å². The molecule has 1 unspecified atom stereocenters. The summed E-state index contributed by atoms with van der Waals surface area (Å²) in [5.74, 6) is 0.747. The van der Waals surface area contributed by atoms with E-state index in [1.807, 2.05) is 11.8 Å². The highest BCUT2D eigenvalue weighted by Gasteiger charge is 2.29. The molecule has 0 radical (unpaired) electrons. The van der Waals surface area contributed by atoms with Gasteiger partial charge in [0.1, 0.15) is 5.38 Å². The van der Waals surface area contributed by atoms with Gasteiger partial charge in [0.25, 0.3) is 0 Å². The maximum absolute atomic E-state index is 5.89. The highest BCUT2D eigenvalue weighted by Crippen LogP contribution is 2.53. The fourth-order valence-electron chi connectivity index (χ4n) is 3.01. The first-order valence-corrected chi connectivity index (χ1v) is 10.4. The molecule has 0 bridgehead atoms. The summed E-state index contributed by atoms with van der Waals surface area (Å²) in [5, 5.41) is 2.32. The quantitative estimate of drug-likeness (QED) is 0.376. The van der Waals surface area contributed by atoms with Gasteiger partial charge in [-0.3, -0.25) is 0 Å². The molecule has 24 heavy (non-hydrogen) atoms. The fraction of sp³-hybridized carbons (Fsp3) is 0.200. The molecule has 2 N–H and O–H groups in total. The second-order valence-corrected chi connectivity index (χ2v) is 8.59. The molecule has 2 aromatic carbocycles. The van der Waals surface area contributed by atoms with E-state index in [1.54, 1.807) is 0 Å². The number of benzene rings is 2. The second kappa shape index (κ2) is 7.11. The molecule has 122 valence electrons. The lowest BCUT2D eigenvalue weighted by molar-refractivity contribution is 0.146. The number of hydrogen-bond acceptors (Lipinski definition) is 3. The monoisotopic (exact) mass is 354 g/mol. The van der Waals surface area contributed by atoms with Gasteiger partial charge >= 0.3 is 0 Å². The van der Waals surface area contributed by atoms with Gasteiger partial charge in [0.05, 0.1) is 6.61 Å². The first-order chi connectivity index (χ1) is 11.9. The Hall–Kier alpha value is -1.59. The van der Waals surface area contributed by atoms with Gasteiger partial charge in [-0.1, -0.05) is 42.1 Å². The van der Waals surface area contributed by atoms with Crippen LogP contribution >= 0.6 is 22.2 Å². The minimum atomic E-state index is -0.00434. The van der Waals surface area contributed by atoms with Crippen LogP contribution in [0.5, 0.6) is 0 Å². The van der Waals surface area contributed by atoms with Crippen LogP contribution in [0.3, 0.4) is 0 Å². The van der Waals surface area contributed by atoms with Crippen molar-refractivity contribution in [2.75, 3.05) is 13.2 Å². The Morgan fingerprint density at radius 1 is 0.875 bits per heavy atom. The van der Waals surface area contributed by atoms with Crippen LogP contribution in [0.2, 0.25) is 0 Å². The van der Waals surface area contributed by atoms with Crippen LogP contribution in [0.25, 0.3) is 21.6 Å². The fourth-order valence-corrected chi connectivity index (χ4v) is 6.02. The van der Waals surface area contributed by atoms with Crippen molar-refractivity contribution < 1.29 is 4.74 Å². The molecule has 0 fully saturated rings. The third-order valence-corrected chi connectivity index (χ3v) is 7.14. The number of thiophene rings is 1. The van der Waals surface area contributed by atoms with E-state index in [1.165, 1.54) is 31.4 Å². The van der Waals surface area contributed by atoms with E-state index in [0.29, 0.717) is 6.54 Å². The SMILES string of the molecule is NCCCOC[s+]1ccc2c1-c1ccccc1Sc1ccccc1-2. The molecule has 0 spiro atoms. The summed E-state index contributed by atoms with van der Waals surface area (Å²) < 4.78 is 5.89. The van der Waals surface area contributed by atoms with Gasteiger partial charge in [-0.15, -0.1) is 0 Å². The van der Waals surface area contributed by atoms with Crippen molar-refractivity contribution in [3.63, 3.8) is 0 Å². The van der Waals surface area contributed by atoms with Crippen LogP contribution < -0.4 is 5.73 Å². The van der Waals surface area contributed by atoms with Crippen molar-refractivity contribution in [1.29, 1.82) is 0 Å². The highest BCUT2D eigenvalue weighted by atomic mass is 32.2. The molecule has 4 heteroatoms. The number of hydrogen-bond donors (Lipinski definition) is 1. The largest absolute Gasteiger partial charge is 0.332 e. The van der Waals surface area contributed by atoms with Crippen molar-refractivity contribution in [3.05, 3.63) is 60.0 Å². The molecule has 1 aliphatic heterocycles. The number of fused-ring (bicyclic) bond motifs is 5. The van der Waals surface area contributed by atoms with Crippen molar-refractivity contribution >= 4 is 22.2 Å². The number of nitrogens with two attached hydrogens (primary N) is 1. The van der Waals surface area contributed by atoms with Gasteiger partial charge < -0.3 is 10.5 Å². The normalized spacial score (nSPS) is 13.0. The smallest absolute Gasteiger partial charge is 0.229 e. The Balaban J connectivity index is 1.81. The Morgan fingerprint density at radius 3 is 2.38 bits per heavy atom. The molecule has 3 aromatic rings. The van der Waals surface area contributed by atoms with Crippen molar-refractivity contribution in [2.45, 2.75) is 22.2 Å². The van der Waals surface area contributed by atoms with Crippen LogP contribution in [0.4, 0.5) is 0 Å². The third-order valence-electron chi connectivity index (χ3n) is 4.14. The highest BCUT2D eigenvalue weighted by molar-refractivity contribution is 7.99. The minimum Gasteiger partial charge on any atom is -0.332 e. The Labute approximate surface area is 149 Å². The van der Waals surface area contributed by atoms with Gasteiger partial charge in [-0.05, 0) is 31.2 Å². The third kappa shape index (κ3) is 2.91. The average Bonchev–Trinajstić information content (AvgIpc) is 2.97. The van der Waals surface area contributed by atoms with Crippen molar-refractivity contribution in [2.24, 2.45) is 5.73 Å². The molecule has 2 nitrogen and oxygen atoms in total. The standard InChI is InChI=1S/C20H20NOS2/c21-11-5-12-22-14-24-13-10-16-15-6-1-3-8-18(15)23-19-9-4-2-7-17(19)20(16)24/h1-4,6-10,13H,5,11-12,14,21H2/q+1. The zero-order valence-corrected chi connectivity index (χ0v) is 15.0. The van der Waals surface area contributed by atoms with Crippen molar-refractivity contribution in [1.82, 2.24) is 0 Å². The zero-order chi connectivity index (χ0) is 16.4. The molecular formula is C20H20NOS2+. The second-order valence-electron chi connectivity index (χ2n) is 5.74. The summed E-state index contributed by atoms with van der Waals surface area (Å²) in [5.41, 5.74) is 9.60. The first kappa shape index (κ1) is 15.9. The summed E-state index contributed by atoms with van der Waals surface area (Å²) in [4.78, 5) is 4.09. The van der Waals surface area contributed by atoms with Crippen LogP contribution in [0.15, 0.2) is 69.8 Å². The molecule has 0 saturated carbocycles. The molecule has 1 aliphatic rings. The summed E-state index contributed by atoms with van der Waals surface area (Å²) in [6.07, 6.45) is 0.919. The number of rotatable bonds is 5. The minimum absolute atomic E-state index is 0.00434. The molecule has 4 rings (SSSR count).